The van der Waals surface area contributed by atoms with Gasteiger partial charge in [-0.3, -0.25) is 0 Å². The molecule has 7 heteroatoms. The highest BCUT2D eigenvalue weighted by Gasteiger charge is 2.30. The Hall–Kier alpha value is -2.18. The van der Waals surface area contributed by atoms with Crippen molar-refractivity contribution >= 4 is 5.82 Å². The summed E-state index contributed by atoms with van der Waals surface area (Å²) in [6, 6.07) is 4.47. The molecule has 0 unspecified atom stereocenters. The zero-order chi connectivity index (χ0) is 12.5. The normalized spacial score (nSPS) is 11.5. The van der Waals surface area contributed by atoms with E-state index in [1.807, 2.05) is 0 Å². The number of anilines is 1. The minimum Gasteiger partial charge on any atom is -0.382 e. The minimum atomic E-state index is -4.35. The summed E-state index contributed by atoms with van der Waals surface area (Å²) in [5.74, 6) is 0.355. The zero-order valence-corrected chi connectivity index (χ0v) is 8.44. The number of benzene rings is 1. The van der Waals surface area contributed by atoms with Crippen LogP contribution < -0.4 is 5.73 Å². The van der Waals surface area contributed by atoms with E-state index in [4.69, 9.17) is 5.73 Å². The van der Waals surface area contributed by atoms with Crippen LogP contribution in [-0.4, -0.2) is 15.2 Å². The molecule has 0 fully saturated rings. The minimum absolute atomic E-state index is 0.162. The SMILES string of the molecule is Nc1cnnc(-c2ccc(C(F)(F)F)cc2)n1. The fourth-order valence-corrected chi connectivity index (χ4v) is 1.25. The van der Waals surface area contributed by atoms with Gasteiger partial charge in [-0.25, -0.2) is 4.98 Å². The molecule has 0 saturated carbocycles. The van der Waals surface area contributed by atoms with Crippen molar-refractivity contribution in [3.8, 4) is 11.4 Å². The van der Waals surface area contributed by atoms with Crippen LogP contribution >= 0.6 is 0 Å². The van der Waals surface area contributed by atoms with Gasteiger partial charge < -0.3 is 5.73 Å². The molecule has 0 aliphatic heterocycles. The lowest BCUT2D eigenvalue weighted by molar-refractivity contribution is -0.137. The van der Waals surface area contributed by atoms with Gasteiger partial charge in [-0.1, -0.05) is 12.1 Å². The van der Waals surface area contributed by atoms with Gasteiger partial charge in [0.2, 0.25) is 0 Å². The third kappa shape index (κ3) is 2.49. The molecule has 1 aromatic carbocycles. The average molecular weight is 240 g/mol. The molecule has 1 aromatic heterocycles. The van der Waals surface area contributed by atoms with Gasteiger partial charge in [0, 0.05) is 5.56 Å². The van der Waals surface area contributed by atoms with Crippen LogP contribution in [0, 0.1) is 0 Å². The second kappa shape index (κ2) is 4.00. The van der Waals surface area contributed by atoms with Crippen molar-refractivity contribution in [2.45, 2.75) is 6.18 Å². The fourth-order valence-electron chi connectivity index (χ4n) is 1.25. The molecule has 0 spiro atoms. The molecule has 17 heavy (non-hydrogen) atoms. The van der Waals surface area contributed by atoms with Gasteiger partial charge in [-0.05, 0) is 12.1 Å². The quantitative estimate of drug-likeness (QED) is 0.829. The topological polar surface area (TPSA) is 64.7 Å². The lowest BCUT2D eigenvalue weighted by Gasteiger charge is -2.06. The summed E-state index contributed by atoms with van der Waals surface area (Å²) in [6.45, 7) is 0. The van der Waals surface area contributed by atoms with Gasteiger partial charge >= 0.3 is 6.18 Å². The van der Waals surface area contributed by atoms with Crippen molar-refractivity contribution in [1.29, 1.82) is 0 Å². The first kappa shape index (κ1) is 11.3. The predicted molar refractivity (Wildman–Crippen MR) is 54.7 cm³/mol. The van der Waals surface area contributed by atoms with E-state index in [0.29, 0.717) is 5.56 Å². The summed E-state index contributed by atoms with van der Waals surface area (Å²) < 4.78 is 37.0. The second-order valence-electron chi connectivity index (χ2n) is 3.28. The molecule has 2 aromatic rings. The molecule has 0 aliphatic carbocycles. The van der Waals surface area contributed by atoms with E-state index < -0.39 is 11.7 Å². The molecule has 2 N–H and O–H groups in total. The third-order valence-electron chi connectivity index (χ3n) is 2.05. The van der Waals surface area contributed by atoms with Crippen molar-refractivity contribution < 1.29 is 13.2 Å². The molecular formula is C10H7F3N4. The number of hydrogen-bond acceptors (Lipinski definition) is 4. The Labute approximate surface area is 94.3 Å². The van der Waals surface area contributed by atoms with E-state index in [0.717, 1.165) is 12.1 Å². The van der Waals surface area contributed by atoms with Crippen LogP contribution in [0.5, 0.6) is 0 Å². The number of hydrogen-bond donors (Lipinski definition) is 1. The van der Waals surface area contributed by atoms with E-state index >= 15 is 0 Å². The maximum atomic E-state index is 12.3. The first-order valence-corrected chi connectivity index (χ1v) is 4.59. The van der Waals surface area contributed by atoms with Gasteiger partial charge in [-0.15, -0.1) is 5.10 Å². The molecule has 0 amide bonds. The van der Waals surface area contributed by atoms with Crippen molar-refractivity contribution in [2.24, 2.45) is 0 Å². The number of nitrogens with zero attached hydrogens (tertiary/aromatic N) is 3. The Morgan fingerprint density at radius 2 is 1.71 bits per heavy atom. The van der Waals surface area contributed by atoms with Gasteiger partial charge in [0.1, 0.15) is 5.82 Å². The highest BCUT2D eigenvalue weighted by atomic mass is 19.4. The van der Waals surface area contributed by atoms with Crippen molar-refractivity contribution in [2.75, 3.05) is 5.73 Å². The van der Waals surface area contributed by atoms with E-state index in [1.165, 1.54) is 18.3 Å². The van der Waals surface area contributed by atoms with E-state index in [-0.39, 0.29) is 11.6 Å². The van der Waals surface area contributed by atoms with Crippen molar-refractivity contribution in [3.63, 3.8) is 0 Å². The van der Waals surface area contributed by atoms with Crippen LogP contribution in [0.2, 0.25) is 0 Å². The number of nitrogens with two attached hydrogens (primary N) is 1. The third-order valence-corrected chi connectivity index (χ3v) is 2.05. The molecule has 0 saturated heterocycles. The van der Waals surface area contributed by atoms with Crippen molar-refractivity contribution in [3.05, 3.63) is 36.0 Å². The predicted octanol–water partition coefficient (Wildman–Crippen LogP) is 2.14. The standard InChI is InChI=1S/C10H7F3N4/c11-10(12,13)7-3-1-6(2-4-7)9-16-8(14)5-15-17-9/h1-5H,(H2,14,16,17). The molecule has 4 nitrogen and oxygen atoms in total. The smallest absolute Gasteiger partial charge is 0.382 e. The van der Waals surface area contributed by atoms with Gasteiger partial charge in [0.15, 0.2) is 5.82 Å². The number of halogens is 3. The van der Waals surface area contributed by atoms with Gasteiger partial charge in [0.05, 0.1) is 11.8 Å². The van der Waals surface area contributed by atoms with Gasteiger partial charge in [0.25, 0.3) is 0 Å². The monoisotopic (exact) mass is 240 g/mol. The summed E-state index contributed by atoms with van der Waals surface area (Å²) in [4.78, 5) is 3.86. The largest absolute Gasteiger partial charge is 0.416 e. The van der Waals surface area contributed by atoms with Crippen LogP contribution in [0.4, 0.5) is 19.0 Å². The molecular weight excluding hydrogens is 233 g/mol. The lowest BCUT2D eigenvalue weighted by atomic mass is 10.1. The van der Waals surface area contributed by atoms with E-state index in [1.54, 1.807) is 0 Å². The fraction of sp³-hybridized carbons (Fsp3) is 0.100. The maximum absolute atomic E-state index is 12.3. The van der Waals surface area contributed by atoms with Crippen molar-refractivity contribution in [1.82, 2.24) is 15.2 Å². The Morgan fingerprint density at radius 1 is 1.06 bits per heavy atom. The Balaban J connectivity index is 2.36. The maximum Gasteiger partial charge on any atom is 0.416 e. The Morgan fingerprint density at radius 3 is 2.24 bits per heavy atom. The Bertz CT molecular complexity index is 522. The number of aromatic nitrogens is 3. The Kier molecular flexibility index (Phi) is 2.66. The molecule has 0 radical (unpaired) electrons. The summed E-state index contributed by atoms with van der Waals surface area (Å²) in [5, 5.41) is 7.25. The zero-order valence-electron chi connectivity index (χ0n) is 8.44. The molecule has 1 heterocycles. The summed E-state index contributed by atoms with van der Waals surface area (Å²) >= 11 is 0. The molecule has 0 bridgehead atoms. The number of alkyl halides is 3. The average Bonchev–Trinajstić information content (AvgIpc) is 2.28. The van der Waals surface area contributed by atoms with Crippen LogP contribution in [0.3, 0.4) is 0 Å². The van der Waals surface area contributed by atoms with Crippen LogP contribution in [0.1, 0.15) is 5.56 Å². The number of nitrogen functional groups attached to an aromatic ring is 1. The summed E-state index contributed by atoms with van der Waals surface area (Å²) in [6.07, 6.45) is -3.10. The van der Waals surface area contributed by atoms with Crippen LogP contribution in [0.15, 0.2) is 30.5 Å². The first-order valence-electron chi connectivity index (χ1n) is 4.59. The summed E-state index contributed by atoms with van der Waals surface area (Å²) in [7, 11) is 0. The molecule has 2 rings (SSSR count). The number of rotatable bonds is 1. The van der Waals surface area contributed by atoms with E-state index in [2.05, 4.69) is 15.2 Å². The molecule has 88 valence electrons. The first-order chi connectivity index (χ1) is 7.97. The molecule has 0 atom stereocenters. The lowest BCUT2D eigenvalue weighted by Crippen LogP contribution is -2.04. The van der Waals surface area contributed by atoms with Crippen LogP contribution in [-0.2, 0) is 6.18 Å². The van der Waals surface area contributed by atoms with E-state index in [9.17, 15) is 13.2 Å². The molecule has 0 aliphatic rings. The van der Waals surface area contributed by atoms with Gasteiger partial charge in [-0.2, -0.15) is 18.3 Å². The summed E-state index contributed by atoms with van der Waals surface area (Å²) in [5.41, 5.74) is 5.11. The highest BCUT2D eigenvalue weighted by Crippen LogP contribution is 2.30. The highest BCUT2D eigenvalue weighted by molar-refractivity contribution is 5.56. The second-order valence-corrected chi connectivity index (χ2v) is 3.28. The van der Waals surface area contributed by atoms with Crippen LogP contribution in [0.25, 0.3) is 11.4 Å².